The Balaban J connectivity index is 1.65. The molecule has 6 nitrogen and oxygen atoms in total. The van der Waals surface area contributed by atoms with Crippen LogP contribution < -0.4 is 4.90 Å². The van der Waals surface area contributed by atoms with Crippen LogP contribution in [0.5, 0.6) is 0 Å². The van der Waals surface area contributed by atoms with E-state index in [0.717, 1.165) is 55.3 Å². The molecule has 0 radical (unpaired) electrons. The molecule has 0 saturated carbocycles. The maximum atomic E-state index is 12.0. The van der Waals surface area contributed by atoms with Crippen LogP contribution in [0.3, 0.4) is 0 Å². The lowest BCUT2D eigenvalue weighted by Gasteiger charge is -2.50. The minimum absolute atomic E-state index is 0.0448. The number of nitro benzene ring substituents is 1. The van der Waals surface area contributed by atoms with Crippen LogP contribution in [0.25, 0.3) is 0 Å². The van der Waals surface area contributed by atoms with Gasteiger partial charge in [-0.2, -0.15) is 0 Å². The summed E-state index contributed by atoms with van der Waals surface area (Å²) in [6.45, 7) is 3.09. The summed E-state index contributed by atoms with van der Waals surface area (Å²) in [4.78, 5) is 25.6. The molecular formula is C27H30N2O4. The number of unbranched alkanes of at least 4 members (excludes halogenated alkanes) is 2. The smallest absolute Gasteiger partial charge is 0.335 e. The average molecular weight is 447 g/mol. The molecule has 0 aromatic heterocycles. The molecule has 2 aromatic carbocycles. The van der Waals surface area contributed by atoms with Crippen LogP contribution in [0.1, 0.15) is 90.4 Å². The summed E-state index contributed by atoms with van der Waals surface area (Å²) in [5, 5.41) is 21.3. The first kappa shape index (κ1) is 21.7. The summed E-state index contributed by atoms with van der Waals surface area (Å²) >= 11 is 0. The fraction of sp³-hybridized carbons (Fsp3) is 0.444. The maximum absolute atomic E-state index is 12.0. The number of nitro groups is 1. The van der Waals surface area contributed by atoms with E-state index in [4.69, 9.17) is 0 Å². The SMILES string of the molecule is CCCCC[C@@H]1CCN2c3c1cc(C(=O)O)cc3[C@@H]1C=CC[C@H]1[C@@H]2c1cccc([N+](=O)[O-])c1. The molecule has 1 aliphatic carbocycles. The van der Waals surface area contributed by atoms with Gasteiger partial charge in [0, 0.05) is 30.3 Å². The predicted octanol–water partition coefficient (Wildman–Crippen LogP) is 6.58. The Morgan fingerprint density at radius 1 is 1.21 bits per heavy atom. The summed E-state index contributed by atoms with van der Waals surface area (Å²) in [6.07, 6.45) is 10.8. The van der Waals surface area contributed by atoms with Crippen molar-refractivity contribution in [2.75, 3.05) is 11.4 Å². The van der Waals surface area contributed by atoms with Crippen LogP contribution in [0.4, 0.5) is 11.4 Å². The number of hydrogen-bond donors (Lipinski definition) is 1. The van der Waals surface area contributed by atoms with E-state index in [1.165, 1.54) is 12.1 Å². The van der Waals surface area contributed by atoms with Gasteiger partial charge >= 0.3 is 5.97 Å². The van der Waals surface area contributed by atoms with Crippen molar-refractivity contribution in [3.8, 4) is 0 Å². The topological polar surface area (TPSA) is 83.7 Å². The monoisotopic (exact) mass is 446 g/mol. The quantitative estimate of drug-likeness (QED) is 0.225. The minimum atomic E-state index is -0.877. The fourth-order valence-electron chi connectivity index (χ4n) is 6.29. The van der Waals surface area contributed by atoms with Gasteiger partial charge in [-0.05, 0) is 59.9 Å². The van der Waals surface area contributed by atoms with E-state index < -0.39 is 5.97 Å². The number of aromatic carboxylic acids is 1. The Morgan fingerprint density at radius 2 is 2.03 bits per heavy atom. The number of rotatable bonds is 7. The van der Waals surface area contributed by atoms with Crippen LogP contribution in [-0.4, -0.2) is 22.5 Å². The van der Waals surface area contributed by atoms with E-state index in [9.17, 15) is 20.0 Å². The first-order valence-corrected chi connectivity index (χ1v) is 12.1. The van der Waals surface area contributed by atoms with Crippen molar-refractivity contribution in [1.29, 1.82) is 0 Å². The first-order valence-electron chi connectivity index (χ1n) is 12.1. The number of carboxylic acid groups (broad SMARTS) is 1. The van der Waals surface area contributed by atoms with Gasteiger partial charge in [0.05, 0.1) is 16.5 Å². The van der Waals surface area contributed by atoms with Crippen LogP contribution >= 0.6 is 0 Å². The minimum Gasteiger partial charge on any atom is -0.478 e. The van der Waals surface area contributed by atoms with Crippen molar-refractivity contribution >= 4 is 17.3 Å². The zero-order valence-electron chi connectivity index (χ0n) is 18.9. The van der Waals surface area contributed by atoms with Gasteiger partial charge in [-0.25, -0.2) is 4.79 Å². The normalized spacial score (nSPS) is 24.9. The van der Waals surface area contributed by atoms with E-state index in [0.29, 0.717) is 11.5 Å². The molecule has 2 aliphatic heterocycles. The molecule has 2 aromatic rings. The third-order valence-corrected chi connectivity index (χ3v) is 7.75. The number of nitrogens with zero attached hydrogens (tertiary/aromatic N) is 2. The molecular weight excluding hydrogens is 416 g/mol. The highest BCUT2D eigenvalue weighted by Gasteiger charge is 2.46. The highest BCUT2D eigenvalue weighted by Crippen LogP contribution is 2.57. The summed E-state index contributed by atoms with van der Waals surface area (Å²) in [5.41, 5.74) is 4.92. The molecule has 1 N–H and O–H groups in total. The van der Waals surface area contributed by atoms with Gasteiger partial charge in [0.2, 0.25) is 0 Å². The molecule has 4 atom stereocenters. The van der Waals surface area contributed by atoms with E-state index in [1.807, 2.05) is 18.2 Å². The number of anilines is 1. The molecule has 0 amide bonds. The number of benzene rings is 2. The third kappa shape index (κ3) is 3.71. The number of carboxylic acids is 1. The Bertz CT molecular complexity index is 1130. The van der Waals surface area contributed by atoms with Gasteiger partial charge in [0.1, 0.15) is 0 Å². The van der Waals surface area contributed by atoms with Crippen LogP contribution in [0, 0.1) is 16.0 Å². The Hall–Kier alpha value is -3.15. The van der Waals surface area contributed by atoms with E-state index in [1.54, 1.807) is 18.2 Å². The second kappa shape index (κ2) is 8.65. The summed E-state index contributed by atoms with van der Waals surface area (Å²) in [7, 11) is 0. The van der Waals surface area contributed by atoms with Crippen LogP contribution in [0.15, 0.2) is 48.6 Å². The lowest BCUT2D eigenvalue weighted by molar-refractivity contribution is -0.384. The number of hydrogen-bond acceptors (Lipinski definition) is 4. The molecule has 0 unspecified atom stereocenters. The number of allylic oxidation sites excluding steroid dienone is 2. The number of fused-ring (bicyclic) bond motifs is 2. The number of carbonyl (C=O) groups is 1. The van der Waals surface area contributed by atoms with E-state index >= 15 is 0 Å². The molecule has 6 heteroatoms. The molecule has 3 aliphatic rings. The fourth-order valence-corrected chi connectivity index (χ4v) is 6.29. The molecule has 0 saturated heterocycles. The molecule has 2 heterocycles. The van der Waals surface area contributed by atoms with Gasteiger partial charge in [-0.3, -0.25) is 10.1 Å². The van der Waals surface area contributed by atoms with Gasteiger partial charge in [-0.15, -0.1) is 0 Å². The Morgan fingerprint density at radius 3 is 2.79 bits per heavy atom. The molecule has 0 bridgehead atoms. The largest absolute Gasteiger partial charge is 0.478 e. The maximum Gasteiger partial charge on any atom is 0.335 e. The van der Waals surface area contributed by atoms with Gasteiger partial charge < -0.3 is 10.0 Å². The highest BCUT2D eigenvalue weighted by molar-refractivity contribution is 5.90. The van der Waals surface area contributed by atoms with E-state index in [-0.39, 0.29) is 28.5 Å². The van der Waals surface area contributed by atoms with Crippen molar-refractivity contribution in [2.24, 2.45) is 5.92 Å². The van der Waals surface area contributed by atoms with Crippen molar-refractivity contribution in [2.45, 2.75) is 63.3 Å². The van der Waals surface area contributed by atoms with Gasteiger partial charge in [-0.1, -0.05) is 50.5 Å². The van der Waals surface area contributed by atoms with Crippen molar-refractivity contribution in [3.05, 3.63) is 80.9 Å². The summed E-state index contributed by atoms with van der Waals surface area (Å²) < 4.78 is 0. The van der Waals surface area contributed by atoms with Crippen molar-refractivity contribution in [3.63, 3.8) is 0 Å². The van der Waals surface area contributed by atoms with Gasteiger partial charge in [0.25, 0.3) is 5.69 Å². The second-order valence-electron chi connectivity index (χ2n) is 9.63. The standard InChI is InChI=1S/C27H30N2O4/c1-2-3-4-7-17-12-13-28-25(18-8-5-9-20(14-18)29(32)33)22-11-6-10-21(22)24-16-19(27(30)31)15-23(17)26(24)28/h5-6,8-10,14-17,21-22,25H,2-4,7,11-13H2,1H3,(H,30,31)/t17-,21-,22-,25+/m1/s1. The molecule has 33 heavy (non-hydrogen) atoms. The summed E-state index contributed by atoms with van der Waals surface area (Å²) in [6, 6.07) is 10.9. The third-order valence-electron chi connectivity index (χ3n) is 7.75. The second-order valence-corrected chi connectivity index (χ2v) is 9.63. The zero-order valence-corrected chi connectivity index (χ0v) is 18.9. The van der Waals surface area contributed by atoms with E-state index in [2.05, 4.69) is 24.0 Å². The van der Waals surface area contributed by atoms with Crippen molar-refractivity contribution in [1.82, 2.24) is 0 Å². The van der Waals surface area contributed by atoms with Crippen molar-refractivity contribution < 1.29 is 14.8 Å². The predicted molar refractivity (Wildman–Crippen MR) is 128 cm³/mol. The highest BCUT2D eigenvalue weighted by atomic mass is 16.6. The Kier molecular flexibility index (Phi) is 5.69. The molecule has 0 fully saturated rings. The molecule has 5 rings (SSSR count). The number of non-ortho nitro benzene ring substituents is 1. The lowest BCUT2D eigenvalue weighted by Crippen LogP contribution is -2.43. The summed E-state index contributed by atoms with van der Waals surface area (Å²) in [5.74, 6) is -0.146. The van der Waals surface area contributed by atoms with Crippen LogP contribution in [-0.2, 0) is 0 Å². The first-order chi connectivity index (χ1) is 16.0. The lowest BCUT2D eigenvalue weighted by atomic mass is 9.71. The molecule has 172 valence electrons. The van der Waals surface area contributed by atoms with Gasteiger partial charge in [0.15, 0.2) is 0 Å². The average Bonchev–Trinajstić information content (AvgIpc) is 3.30. The Labute approximate surface area is 194 Å². The zero-order chi connectivity index (χ0) is 23.1. The molecule has 0 spiro atoms. The van der Waals surface area contributed by atoms with Crippen LogP contribution in [0.2, 0.25) is 0 Å².